The molecule has 3 unspecified atom stereocenters. The highest BCUT2D eigenvalue weighted by Gasteiger charge is 2.35. The first-order valence-electron chi connectivity index (χ1n) is 6.18. The van der Waals surface area contributed by atoms with Gasteiger partial charge in [-0.1, -0.05) is 0 Å². The number of carbonyl (C=O) groups excluding carboxylic acids is 2. The summed E-state index contributed by atoms with van der Waals surface area (Å²) in [6, 6.07) is -1.84. The summed E-state index contributed by atoms with van der Waals surface area (Å²) >= 11 is 0. The molecule has 0 radical (unpaired) electrons. The highest BCUT2D eigenvalue weighted by atomic mass is 32.2. The van der Waals surface area contributed by atoms with Crippen LogP contribution in [0.2, 0.25) is 0 Å². The molecule has 1 aliphatic heterocycles. The average Bonchev–Trinajstić information content (AvgIpc) is 2.29. The van der Waals surface area contributed by atoms with Gasteiger partial charge in [0.05, 0.1) is 6.42 Å². The topological polar surface area (TPSA) is 116 Å². The Morgan fingerprint density at radius 3 is 2.80 bits per heavy atom. The molecule has 3 atom stereocenters. The number of aliphatic carboxylic acids is 1. The van der Waals surface area contributed by atoms with E-state index in [1.165, 1.54) is 11.2 Å². The van der Waals surface area contributed by atoms with Gasteiger partial charge in [-0.05, 0) is 6.92 Å². The largest absolute Gasteiger partial charge is 0.481 e. The molecule has 0 aromatic heterocycles. The summed E-state index contributed by atoms with van der Waals surface area (Å²) < 4.78 is 11.1. The predicted molar refractivity (Wildman–Crippen MR) is 72.7 cm³/mol. The van der Waals surface area contributed by atoms with Crippen molar-refractivity contribution in [2.24, 2.45) is 0 Å². The van der Waals surface area contributed by atoms with Crippen LogP contribution in [0.15, 0.2) is 0 Å². The van der Waals surface area contributed by atoms with E-state index in [2.05, 4.69) is 10.6 Å². The van der Waals surface area contributed by atoms with Crippen LogP contribution in [0.1, 0.15) is 13.3 Å². The summed E-state index contributed by atoms with van der Waals surface area (Å²) in [5, 5.41) is 14.0. The van der Waals surface area contributed by atoms with Gasteiger partial charge in [0.1, 0.15) is 6.04 Å². The Morgan fingerprint density at radius 1 is 1.60 bits per heavy atom. The zero-order valence-electron chi connectivity index (χ0n) is 11.4. The standard InChI is InChI=1S/C11H19N3O5S/c1-7(6-20(2)19)13-11(18)14-4-3-12-10(17)8(14)5-9(15)16/h7-8H,3-6H2,1-2H3,(H,12,17)(H,13,18)(H,15,16). The maximum absolute atomic E-state index is 12.1. The van der Waals surface area contributed by atoms with Crippen molar-refractivity contribution >= 4 is 28.7 Å². The molecule has 0 aromatic rings. The number of nitrogens with zero attached hydrogens (tertiary/aromatic N) is 1. The quantitative estimate of drug-likeness (QED) is 0.586. The second-order valence-electron chi connectivity index (χ2n) is 4.69. The molecule has 1 heterocycles. The fourth-order valence-electron chi connectivity index (χ4n) is 2.01. The fraction of sp³-hybridized carbons (Fsp3) is 0.727. The van der Waals surface area contributed by atoms with Gasteiger partial charge in [0.2, 0.25) is 5.91 Å². The molecule has 1 aliphatic rings. The molecule has 0 saturated carbocycles. The molecule has 20 heavy (non-hydrogen) atoms. The fourth-order valence-corrected chi connectivity index (χ4v) is 2.80. The van der Waals surface area contributed by atoms with Gasteiger partial charge in [-0.3, -0.25) is 13.8 Å². The van der Waals surface area contributed by atoms with Crippen molar-refractivity contribution in [2.75, 3.05) is 25.1 Å². The molecule has 0 aliphatic carbocycles. The summed E-state index contributed by atoms with van der Waals surface area (Å²) in [5.41, 5.74) is 0. The average molecular weight is 305 g/mol. The van der Waals surface area contributed by atoms with Crippen LogP contribution in [-0.4, -0.2) is 69.3 Å². The maximum Gasteiger partial charge on any atom is 0.318 e. The lowest BCUT2D eigenvalue weighted by Crippen LogP contribution is -2.60. The first kappa shape index (κ1) is 16.4. The van der Waals surface area contributed by atoms with E-state index < -0.39 is 41.2 Å². The summed E-state index contributed by atoms with van der Waals surface area (Å²) in [6.07, 6.45) is 1.09. The van der Waals surface area contributed by atoms with Gasteiger partial charge >= 0.3 is 12.0 Å². The van der Waals surface area contributed by atoms with Gasteiger partial charge in [-0.2, -0.15) is 0 Å². The van der Waals surface area contributed by atoms with Crippen molar-refractivity contribution in [1.82, 2.24) is 15.5 Å². The van der Waals surface area contributed by atoms with Crippen LogP contribution in [0, 0.1) is 0 Å². The van der Waals surface area contributed by atoms with Crippen LogP contribution in [0.5, 0.6) is 0 Å². The second kappa shape index (κ2) is 7.22. The molecule has 3 N–H and O–H groups in total. The molecule has 1 saturated heterocycles. The molecule has 1 fully saturated rings. The van der Waals surface area contributed by atoms with Gasteiger partial charge in [-0.15, -0.1) is 0 Å². The third kappa shape index (κ3) is 4.80. The van der Waals surface area contributed by atoms with Crippen LogP contribution in [0.25, 0.3) is 0 Å². The third-order valence-electron chi connectivity index (χ3n) is 2.81. The van der Waals surface area contributed by atoms with Gasteiger partial charge in [0.15, 0.2) is 0 Å². The number of carboxylic acid groups (broad SMARTS) is 1. The zero-order chi connectivity index (χ0) is 15.3. The highest BCUT2D eigenvalue weighted by Crippen LogP contribution is 2.09. The summed E-state index contributed by atoms with van der Waals surface area (Å²) in [4.78, 5) is 35.7. The molecule has 0 aromatic carbocycles. The van der Waals surface area contributed by atoms with E-state index in [1.54, 1.807) is 6.92 Å². The summed E-state index contributed by atoms with van der Waals surface area (Å²) in [6.45, 7) is 2.24. The van der Waals surface area contributed by atoms with Crippen LogP contribution in [0.3, 0.4) is 0 Å². The number of carbonyl (C=O) groups is 3. The Morgan fingerprint density at radius 2 is 2.25 bits per heavy atom. The van der Waals surface area contributed by atoms with E-state index in [0.29, 0.717) is 5.75 Å². The molecule has 114 valence electrons. The number of hydrogen-bond acceptors (Lipinski definition) is 4. The van der Waals surface area contributed by atoms with Crippen molar-refractivity contribution < 1.29 is 23.7 Å². The van der Waals surface area contributed by atoms with Crippen LogP contribution in [0.4, 0.5) is 4.79 Å². The normalized spacial score (nSPS) is 21.8. The minimum absolute atomic E-state index is 0.247. The van der Waals surface area contributed by atoms with Crippen LogP contribution in [-0.2, 0) is 20.4 Å². The second-order valence-corrected chi connectivity index (χ2v) is 6.17. The molecular weight excluding hydrogens is 286 g/mol. The number of nitrogens with one attached hydrogen (secondary N) is 2. The molecule has 1 rings (SSSR count). The zero-order valence-corrected chi connectivity index (χ0v) is 12.2. The Labute approximate surface area is 119 Å². The molecule has 9 heteroatoms. The van der Waals surface area contributed by atoms with Crippen molar-refractivity contribution in [2.45, 2.75) is 25.4 Å². The summed E-state index contributed by atoms with van der Waals surface area (Å²) in [7, 11) is -1.05. The van der Waals surface area contributed by atoms with Crippen molar-refractivity contribution in [3.05, 3.63) is 0 Å². The van der Waals surface area contributed by atoms with E-state index in [9.17, 15) is 18.6 Å². The first-order chi connectivity index (χ1) is 9.31. The van der Waals surface area contributed by atoms with Crippen molar-refractivity contribution in [3.8, 4) is 0 Å². The van der Waals surface area contributed by atoms with Crippen LogP contribution >= 0.6 is 0 Å². The van der Waals surface area contributed by atoms with E-state index in [-0.39, 0.29) is 19.1 Å². The highest BCUT2D eigenvalue weighted by molar-refractivity contribution is 7.84. The lowest BCUT2D eigenvalue weighted by atomic mass is 10.1. The smallest absolute Gasteiger partial charge is 0.318 e. The number of piperazine rings is 1. The number of carboxylic acids is 1. The van der Waals surface area contributed by atoms with Crippen molar-refractivity contribution in [1.29, 1.82) is 0 Å². The van der Waals surface area contributed by atoms with Crippen molar-refractivity contribution in [3.63, 3.8) is 0 Å². The van der Waals surface area contributed by atoms with Gasteiger partial charge < -0.3 is 20.6 Å². The Bertz CT molecular complexity index is 428. The van der Waals surface area contributed by atoms with E-state index in [1.807, 2.05) is 0 Å². The third-order valence-corrected chi connectivity index (χ3v) is 3.78. The Balaban J connectivity index is 2.69. The molecule has 0 bridgehead atoms. The van der Waals surface area contributed by atoms with Gasteiger partial charge in [0.25, 0.3) is 0 Å². The first-order valence-corrected chi connectivity index (χ1v) is 7.90. The number of hydrogen-bond donors (Lipinski definition) is 3. The van der Waals surface area contributed by atoms with Gasteiger partial charge in [0, 0.05) is 41.9 Å². The monoisotopic (exact) mass is 305 g/mol. The van der Waals surface area contributed by atoms with Gasteiger partial charge in [-0.25, -0.2) is 4.79 Å². The minimum Gasteiger partial charge on any atom is -0.481 e. The number of rotatable bonds is 5. The van der Waals surface area contributed by atoms with Crippen LogP contribution < -0.4 is 10.6 Å². The molecule has 0 spiro atoms. The molecule has 3 amide bonds. The predicted octanol–water partition coefficient (Wildman–Crippen LogP) is -1.26. The Hall–Kier alpha value is -1.64. The minimum atomic E-state index is -1.15. The summed E-state index contributed by atoms with van der Waals surface area (Å²) in [5.74, 6) is -1.32. The molecular formula is C11H19N3O5S. The maximum atomic E-state index is 12.1. The van der Waals surface area contributed by atoms with E-state index in [4.69, 9.17) is 5.11 Å². The molecule has 8 nitrogen and oxygen atoms in total. The lowest BCUT2D eigenvalue weighted by Gasteiger charge is -2.34. The number of amides is 3. The van der Waals surface area contributed by atoms with E-state index in [0.717, 1.165) is 0 Å². The SMILES string of the molecule is CC(CS(C)=O)NC(=O)N1CCNC(=O)C1CC(=O)O. The Kier molecular flexibility index (Phi) is 5.93. The lowest BCUT2D eigenvalue weighted by molar-refractivity contribution is -0.142. The van der Waals surface area contributed by atoms with E-state index >= 15 is 0 Å². The number of urea groups is 1.